The number of ether oxygens (including phenoxy) is 2. The van der Waals surface area contributed by atoms with E-state index in [1.165, 1.54) is 0 Å². The molecule has 0 aliphatic carbocycles. The van der Waals surface area contributed by atoms with Crippen LogP contribution in [0, 0.1) is 6.92 Å². The molecular formula is C18H20N2O4. The second-order valence-electron chi connectivity index (χ2n) is 5.06. The molecule has 0 aliphatic heterocycles. The highest BCUT2D eigenvalue weighted by Gasteiger charge is 2.08. The van der Waals surface area contributed by atoms with Crippen LogP contribution in [-0.4, -0.2) is 25.0 Å². The van der Waals surface area contributed by atoms with Gasteiger partial charge >= 0.3 is 0 Å². The van der Waals surface area contributed by atoms with Crippen molar-refractivity contribution in [1.82, 2.24) is 10.9 Å². The molecule has 2 aromatic rings. The maximum absolute atomic E-state index is 11.9. The Hall–Kier alpha value is -3.02. The molecule has 24 heavy (non-hydrogen) atoms. The van der Waals surface area contributed by atoms with Gasteiger partial charge in [-0.1, -0.05) is 17.7 Å². The second kappa shape index (κ2) is 8.57. The Morgan fingerprint density at radius 2 is 1.46 bits per heavy atom. The molecular weight excluding hydrogens is 308 g/mol. The van der Waals surface area contributed by atoms with E-state index < -0.39 is 11.8 Å². The predicted octanol–water partition coefficient (Wildman–Crippen LogP) is 2.23. The van der Waals surface area contributed by atoms with Crippen molar-refractivity contribution in [1.29, 1.82) is 0 Å². The first-order chi connectivity index (χ1) is 11.6. The van der Waals surface area contributed by atoms with Crippen LogP contribution in [0.2, 0.25) is 0 Å². The minimum atomic E-state index is -0.449. The van der Waals surface area contributed by atoms with E-state index in [0.29, 0.717) is 23.7 Å². The number of benzene rings is 2. The van der Waals surface area contributed by atoms with Crippen LogP contribution in [0.25, 0.3) is 0 Å². The van der Waals surface area contributed by atoms with Crippen molar-refractivity contribution in [3.63, 3.8) is 0 Å². The monoisotopic (exact) mass is 328 g/mol. The van der Waals surface area contributed by atoms with Gasteiger partial charge in [-0.15, -0.1) is 0 Å². The standard InChI is InChI=1S/C18H20N2O4/c1-3-23-15-10-6-14(7-11-15)18(22)20-19-17(21)12-24-16-8-4-13(2)5-9-16/h4-11H,3,12H2,1-2H3,(H,19,21)(H,20,22). The van der Waals surface area contributed by atoms with Crippen LogP contribution in [0.3, 0.4) is 0 Å². The van der Waals surface area contributed by atoms with Crippen LogP contribution in [0.15, 0.2) is 48.5 Å². The predicted molar refractivity (Wildman–Crippen MR) is 89.9 cm³/mol. The summed E-state index contributed by atoms with van der Waals surface area (Å²) in [7, 11) is 0. The summed E-state index contributed by atoms with van der Waals surface area (Å²) in [6.45, 7) is 4.22. The van der Waals surface area contributed by atoms with Crippen LogP contribution < -0.4 is 20.3 Å². The lowest BCUT2D eigenvalue weighted by Crippen LogP contribution is -2.43. The van der Waals surface area contributed by atoms with Gasteiger partial charge in [0.2, 0.25) is 0 Å². The van der Waals surface area contributed by atoms with E-state index in [0.717, 1.165) is 5.56 Å². The zero-order chi connectivity index (χ0) is 17.4. The fourth-order valence-corrected chi connectivity index (χ4v) is 1.89. The first-order valence-corrected chi connectivity index (χ1v) is 7.60. The summed E-state index contributed by atoms with van der Waals surface area (Å²) in [5, 5.41) is 0. The van der Waals surface area contributed by atoms with E-state index in [1.807, 2.05) is 26.0 Å². The summed E-state index contributed by atoms with van der Waals surface area (Å²) >= 11 is 0. The number of rotatable bonds is 6. The minimum absolute atomic E-state index is 0.188. The lowest BCUT2D eigenvalue weighted by Gasteiger charge is -2.09. The fourth-order valence-electron chi connectivity index (χ4n) is 1.89. The number of nitrogens with one attached hydrogen (secondary N) is 2. The molecule has 126 valence electrons. The Morgan fingerprint density at radius 1 is 0.875 bits per heavy atom. The smallest absolute Gasteiger partial charge is 0.276 e. The van der Waals surface area contributed by atoms with Crippen molar-refractivity contribution in [3.8, 4) is 11.5 Å². The van der Waals surface area contributed by atoms with Crippen LogP contribution >= 0.6 is 0 Å². The third-order valence-electron chi connectivity index (χ3n) is 3.13. The summed E-state index contributed by atoms with van der Waals surface area (Å²) in [6, 6.07) is 14.0. The minimum Gasteiger partial charge on any atom is -0.494 e. The highest BCUT2D eigenvalue weighted by atomic mass is 16.5. The number of aryl methyl sites for hydroxylation is 1. The zero-order valence-corrected chi connectivity index (χ0v) is 13.7. The molecule has 2 amide bonds. The maximum atomic E-state index is 11.9. The molecule has 0 saturated carbocycles. The van der Waals surface area contributed by atoms with E-state index in [4.69, 9.17) is 9.47 Å². The van der Waals surface area contributed by atoms with Gasteiger partial charge in [-0.2, -0.15) is 0 Å². The Balaban J connectivity index is 1.76. The molecule has 0 atom stereocenters. The molecule has 0 unspecified atom stereocenters. The number of hydrazine groups is 1. The van der Waals surface area contributed by atoms with Gasteiger partial charge in [0, 0.05) is 5.56 Å². The Labute approximate surface area is 140 Å². The van der Waals surface area contributed by atoms with Gasteiger partial charge < -0.3 is 9.47 Å². The summed E-state index contributed by atoms with van der Waals surface area (Å²) in [4.78, 5) is 23.6. The SMILES string of the molecule is CCOc1ccc(C(=O)NNC(=O)COc2ccc(C)cc2)cc1. The lowest BCUT2D eigenvalue weighted by molar-refractivity contribution is -0.123. The van der Waals surface area contributed by atoms with Crippen LogP contribution in [-0.2, 0) is 4.79 Å². The second-order valence-corrected chi connectivity index (χ2v) is 5.06. The first-order valence-electron chi connectivity index (χ1n) is 7.60. The molecule has 2 N–H and O–H groups in total. The molecule has 6 nitrogen and oxygen atoms in total. The summed E-state index contributed by atoms with van der Waals surface area (Å²) < 4.78 is 10.6. The van der Waals surface area contributed by atoms with Crippen molar-refractivity contribution in [2.75, 3.05) is 13.2 Å². The molecule has 0 heterocycles. The van der Waals surface area contributed by atoms with Gasteiger partial charge in [-0.25, -0.2) is 0 Å². The van der Waals surface area contributed by atoms with E-state index in [9.17, 15) is 9.59 Å². The summed E-state index contributed by atoms with van der Waals surface area (Å²) in [6.07, 6.45) is 0. The number of hydrogen-bond acceptors (Lipinski definition) is 4. The van der Waals surface area contributed by atoms with E-state index in [1.54, 1.807) is 36.4 Å². The lowest BCUT2D eigenvalue weighted by atomic mass is 10.2. The van der Waals surface area contributed by atoms with E-state index in [-0.39, 0.29) is 6.61 Å². The zero-order valence-electron chi connectivity index (χ0n) is 13.7. The van der Waals surface area contributed by atoms with Gasteiger partial charge in [0.15, 0.2) is 6.61 Å². The molecule has 0 radical (unpaired) electrons. The number of hydrogen-bond donors (Lipinski definition) is 2. The largest absolute Gasteiger partial charge is 0.494 e. The number of amides is 2. The molecule has 2 rings (SSSR count). The Morgan fingerprint density at radius 3 is 2.08 bits per heavy atom. The molecule has 0 fully saturated rings. The summed E-state index contributed by atoms with van der Waals surface area (Å²) in [5.41, 5.74) is 6.16. The van der Waals surface area contributed by atoms with Crippen LogP contribution in [0.5, 0.6) is 11.5 Å². The molecule has 0 bridgehead atoms. The fraction of sp³-hybridized carbons (Fsp3) is 0.222. The highest BCUT2D eigenvalue weighted by Crippen LogP contribution is 2.12. The average Bonchev–Trinajstić information content (AvgIpc) is 2.60. The van der Waals surface area contributed by atoms with E-state index >= 15 is 0 Å². The molecule has 0 saturated heterocycles. The van der Waals surface area contributed by atoms with Crippen molar-refractivity contribution >= 4 is 11.8 Å². The Kier molecular flexibility index (Phi) is 6.19. The number of carbonyl (C=O) groups is 2. The van der Waals surface area contributed by atoms with Gasteiger partial charge in [-0.3, -0.25) is 20.4 Å². The van der Waals surface area contributed by atoms with Crippen LogP contribution in [0.4, 0.5) is 0 Å². The van der Waals surface area contributed by atoms with Gasteiger partial charge in [0.1, 0.15) is 11.5 Å². The first kappa shape index (κ1) is 17.3. The Bertz CT molecular complexity index is 681. The highest BCUT2D eigenvalue weighted by molar-refractivity contribution is 5.95. The van der Waals surface area contributed by atoms with Crippen LogP contribution in [0.1, 0.15) is 22.8 Å². The summed E-state index contributed by atoms with van der Waals surface area (Å²) in [5.74, 6) is 0.412. The van der Waals surface area contributed by atoms with Crippen molar-refractivity contribution < 1.29 is 19.1 Å². The van der Waals surface area contributed by atoms with Gasteiger partial charge in [0.25, 0.3) is 11.8 Å². The third kappa shape index (κ3) is 5.31. The number of carbonyl (C=O) groups excluding carboxylic acids is 2. The average molecular weight is 328 g/mol. The van der Waals surface area contributed by atoms with Gasteiger partial charge in [0.05, 0.1) is 6.61 Å². The van der Waals surface area contributed by atoms with E-state index in [2.05, 4.69) is 10.9 Å². The van der Waals surface area contributed by atoms with Crippen molar-refractivity contribution in [2.45, 2.75) is 13.8 Å². The third-order valence-corrected chi connectivity index (χ3v) is 3.13. The molecule has 2 aromatic carbocycles. The maximum Gasteiger partial charge on any atom is 0.276 e. The molecule has 0 aromatic heterocycles. The van der Waals surface area contributed by atoms with Gasteiger partial charge in [-0.05, 0) is 50.2 Å². The molecule has 0 aliphatic rings. The quantitative estimate of drug-likeness (QED) is 0.797. The van der Waals surface area contributed by atoms with Crippen molar-refractivity contribution in [3.05, 3.63) is 59.7 Å². The molecule has 6 heteroatoms. The van der Waals surface area contributed by atoms with Crippen molar-refractivity contribution in [2.24, 2.45) is 0 Å². The molecule has 0 spiro atoms. The topological polar surface area (TPSA) is 76.7 Å². The normalized spacial score (nSPS) is 9.92.